The molecule has 2 heteroatoms. The van der Waals surface area contributed by atoms with Gasteiger partial charge in [-0.05, 0) is 24.8 Å². The molecule has 0 bridgehead atoms. The van der Waals surface area contributed by atoms with E-state index in [-0.39, 0.29) is 0 Å². The highest BCUT2D eigenvalue weighted by atomic mass is 15.2. The van der Waals surface area contributed by atoms with Crippen molar-refractivity contribution in [1.29, 1.82) is 0 Å². The van der Waals surface area contributed by atoms with Crippen molar-refractivity contribution in [1.82, 2.24) is 10.2 Å². The fraction of sp³-hybridized carbons (Fsp3) is 0.625. The number of nitrogens with zero attached hydrogens (tertiary/aromatic N) is 1. The number of hydrogen-bond acceptors (Lipinski definition) is 2. The zero-order valence-corrected chi connectivity index (χ0v) is 11.9. The molecular formula is C16H26N2. The molecular weight excluding hydrogens is 220 g/mol. The van der Waals surface area contributed by atoms with E-state index in [4.69, 9.17) is 0 Å². The average molecular weight is 246 g/mol. The van der Waals surface area contributed by atoms with Crippen LogP contribution in [0.15, 0.2) is 24.3 Å². The highest BCUT2D eigenvalue weighted by Crippen LogP contribution is 2.28. The molecule has 2 rings (SSSR count). The van der Waals surface area contributed by atoms with Crippen LogP contribution in [0.5, 0.6) is 0 Å². The number of piperazine rings is 1. The van der Waals surface area contributed by atoms with Crippen molar-refractivity contribution in [2.24, 2.45) is 5.92 Å². The molecule has 1 fully saturated rings. The lowest BCUT2D eigenvalue weighted by molar-refractivity contribution is 0.154. The van der Waals surface area contributed by atoms with E-state index in [1.807, 2.05) is 0 Å². The lowest BCUT2D eigenvalue weighted by Gasteiger charge is -2.36. The number of aryl methyl sites for hydroxylation is 1. The largest absolute Gasteiger partial charge is 0.314 e. The summed E-state index contributed by atoms with van der Waals surface area (Å²) in [5.41, 5.74) is 2.86. The predicted molar refractivity (Wildman–Crippen MR) is 77.8 cm³/mol. The van der Waals surface area contributed by atoms with E-state index in [1.165, 1.54) is 30.6 Å². The third-order valence-corrected chi connectivity index (χ3v) is 3.71. The van der Waals surface area contributed by atoms with Crippen LogP contribution in [-0.2, 0) is 0 Å². The Morgan fingerprint density at radius 1 is 1.22 bits per heavy atom. The maximum absolute atomic E-state index is 3.44. The van der Waals surface area contributed by atoms with E-state index >= 15 is 0 Å². The van der Waals surface area contributed by atoms with Gasteiger partial charge in [-0.3, -0.25) is 4.90 Å². The SMILES string of the molecule is Cc1cccc([C@@H](CC(C)C)N2CCNCC2)c1. The molecule has 0 aliphatic carbocycles. The Kier molecular flexibility index (Phi) is 4.79. The van der Waals surface area contributed by atoms with Crippen molar-refractivity contribution in [2.45, 2.75) is 33.2 Å². The van der Waals surface area contributed by atoms with Gasteiger partial charge in [-0.15, -0.1) is 0 Å². The van der Waals surface area contributed by atoms with Crippen LogP contribution >= 0.6 is 0 Å². The summed E-state index contributed by atoms with van der Waals surface area (Å²) >= 11 is 0. The van der Waals surface area contributed by atoms with Gasteiger partial charge in [0.1, 0.15) is 0 Å². The second kappa shape index (κ2) is 6.35. The molecule has 0 unspecified atom stereocenters. The van der Waals surface area contributed by atoms with Gasteiger partial charge < -0.3 is 5.32 Å². The van der Waals surface area contributed by atoms with Gasteiger partial charge in [0.25, 0.3) is 0 Å². The van der Waals surface area contributed by atoms with Gasteiger partial charge in [0.2, 0.25) is 0 Å². The Morgan fingerprint density at radius 2 is 1.94 bits per heavy atom. The maximum Gasteiger partial charge on any atom is 0.0351 e. The summed E-state index contributed by atoms with van der Waals surface area (Å²) in [6, 6.07) is 9.62. The van der Waals surface area contributed by atoms with Crippen molar-refractivity contribution < 1.29 is 0 Å². The van der Waals surface area contributed by atoms with Gasteiger partial charge in [0, 0.05) is 32.2 Å². The minimum Gasteiger partial charge on any atom is -0.314 e. The van der Waals surface area contributed by atoms with Crippen LogP contribution in [0.2, 0.25) is 0 Å². The number of benzene rings is 1. The molecule has 18 heavy (non-hydrogen) atoms. The summed E-state index contributed by atoms with van der Waals surface area (Å²) in [7, 11) is 0. The summed E-state index contributed by atoms with van der Waals surface area (Å²) in [5.74, 6) is 0.741. The second-order valence-electron chi connectivity index (χ2n) is 5.85. The first-order valence-corrected chi connectivity index (χ1v) is 7.18. The van der Waals surface area contributed by atoms with Gasteiger partial charge in [-0.25, -0.2) is 0 Å². The number of hydrogen-bond donors (Lipinski definition) is 1. The quantitative estimate of drug-likeness (QED) is 0.878. The molecule has 0 saturated carbocycles. The predicted octanol–water partition coefficient (Wildman–Crippen LogP) is 2.99. The molecule has 0 amide bonds. The fourth-order valence-electron chi connectivity index (χ4n) is 2.81. The Morgan fingerprint density at radius 3 is 2.56 bits per heavy atom. The van der Waals surface area contributed by atoms with Crippen molar-refractivity contribution in [3.8, 4) is 0 Å². The lowest BCUT2D eigenvalue weighted by atomic mass is 9.94. The first kappa shape index (κ1) is 13.6. The van der Waals surface area contributed by atoms with Crippen LogP contribution in [0, 0.1) is 12.8 Å². The summed E-state index contributed by atoms with van der Waals surface area (Å²) < 4.78 is 0. The van der Waals surface area contributed by atoms with E-state index < -0.39 is 0 Å². The second-order valence-corrected chi connectivity index (χ2v) is 5.85. The summed E-state index contributed by atoms with van der Waals surface area (Å²) in [6.45, 7) is 11.4. The van der Waals surface area contributed by atoms with Gasteiger partial charge in [-0.2, -0.15) is 0 Å². The van der Waals surface area contributed by atoms with Crippen LogP contribution < -0.4 is 5.32 Å². The van der Waals surface area contributed by atoms with Crippen LogP contribution in [0.3, 0.4) is 0 Å². The topological polar surface area (TPSA) is 15.3 Å². The van der Waals surface area contributed by atoms with Crippen molar-refractivity contribution in [3.05, 3.63) is 35.4 Å². The monoisotopic (exact) mass is 246 g/mol. The normalized spacial score (nSPS) is 19.1. The number of rotatable bonds is 4. The molecule has 1 aromatic carbocycles. The maximum atomic E-state index is 3.44. The van der Waals surface area contributed by atoms with E-state index in [2.05, 4.69) is 55.3 Å². The van der Waals surface area contributed by atoms with Crippen molar-refractivity contribution in [2.75, 3.05) is 26.2 Å². The smallest absolute Gasteiger partial charge is 0.0351 e. The van der Waals surface area contributed by atoms with Gasteiger partial charge in [0.15, 0.2) is 0 Å². The van der Waals surface area contributed by atoms with E-state index in [0.717, 1.165) is 19.0 Å². The molecule has 1 aliphatic heterocycles. The molecule has 1 heterocycles. The van der Waals surface area contributed by atoms with Crippen LogP contribution in [0.4, 0.5) is 0 Å². The van der Waals surface area contributed by atoms with Gasteiger partial charge in [0.05, 0.1) is 0 Å². The summed E-state index contributed by atoms with van der Waals surface area (Å²) in [6.07, 6.45) is 1.25. The molecule has 1 saturated heterocycles. The van der Waals surface area contributed by atoms with Crippen molar-refractivity contribution >= 4 is 0 Å². The lowest BCUT2D eigenvalue weighted by Crippen LogP contribution is -2.45. The molecule has 1 aliphatic rings. The molecule has 0 spiro atoms. The first-order valence-electron chi connectivity index (χ1n) is 7.18. The minimum atomic E-state index is 0.590. The molecule has 0 aromatic heterocycles. The zero-order valence-electron chi connectivity index (χ0n) is 11.9. The van der Waals surface area contributed by atoms with E-state index in [1.54, 1.807) is 0 Å². The zero-order chi connectivity index (χ0) is 13.0. The molecule has 1 N–H and O–H groups in total. The van der Waals surface area contributed by atoms with Crippen molar-refractivity contribution in [3.63, 3.8) is 0 Å². The third kappa shape index (κ3) is 3.56. The Balaban J connectivity index is 2.18. The summed E-state index contributed by atoms with van der Waals surface area (Å²) in [5, 5.41) is 3.44. The van der Waals surface area contributed by atoms with Gasteiger partial charge >= 0.3 is 0 Å². The van der Waals surface area contributed by atoms with Crippen LogP contribution in [0.25, 0.3) is 0 Å². The standard InChI is InChI=1S/C16H26N2/c1-13(2)11-16(18-9-7-17-8-10-18)15-6-4-5-14(3)12-15/h4-6,12-13,16-17H,7-11H2,1-3H3/t16-/m1/s1. The van der Waals surface area contributed by atoms with Crippen LogP contribution in [-0.4, -0.2) is 31.1 Å². The summed E-state index contributed by atoms with van der Waals surface area (Å²) in [4.78, 5) is 2.64. The fourth-order valence-corrected chi connectivity index (χ4v) is 2.81. The first-order chi connectivity index (χ1) is 8.66. The highest BCUT2D eigenvalue weighted by Gasteiger charge is 2.22. The van der Waals surface area contributed by atoms with Crippen LogP contribution in [0.1, 0.15) is 37.4 Å². The Labute approximate surface area is 111 Å². The molecule has 1 atom stereocenters. The molecule has 1 aromatic rings. The Hall–Kier alpha value is -0.860. The molecule has 2 nitrogen and oxygen atoms in total. The van der Waals surface area contributed by atoms with E-state index in [9.17, 15) is 0 Å². The van der Waals surface area contributed by atoms with Gasteiger partial charge in [-0.1, -0.05) is 43.7 Å². The average Bonchev–Trinajstić information content (AvgIpc) is 2.37. The third-order valence-electron chi connectivity index (χ3n) is 3.71. The minimum absolute atomic E-state index is 0.590. The highest BCUT2D eigenvalue weighted by molar-refractivity contribution is 5.25. The van der Waals surface area contributed by atoms with E-state index in [0.29, 0.717) is 6.04 Å². The molecule has 100 valence electrons. The Bertz CT molecular complexity index is 367. The molecule has 0 radical (unpaired) electrons. The number of nitrogens with one attached hydrogen (secondary N) is 1.